The first-order valence-corrected chi connectivity index (χ1v) is 9.87. The summed E-state index contributed by atoms with van der Waals surface area (Å²) >= 11 is 0. The smallest absolute Gasteiger partial charge is 0.270 e. The van der Waals surface area contributed by atoms with Gasteiger partial charge in [-0.15, -0.1) is 0 Å². The number of hydrogen-bond acceptors (Lipinski definition) is 5. The van der Waals surface area contributed by atoms with Gasteiger partial charge in [0.15, 0.2) is 11.5 Å². The topological polar surface area (TPSA) is 89.5 Å². The highest BCUT2D eigenvalue weighted by molar-refractivity contribution is 5.96. The maximum atomic E-state index is 12.5. The molecule has 1 aromatic heterocycles. The third-order valence-electron chi connectivity index (χ3n) is 5.06. The Morgan fingerprint density at radius 1 is 0.966 bits per heavy atom. The van der Waals surface area contributed by atoms with E-state index in [0.29, 0.717) is 18.0 Å². The molecule has 1 aliphatic rings. The van der Waals surface area contributed by atoms with Gasteiger partial charge in [0.05, 0.1) is 14.2 Å². The first kappa shape index (κ1) is 20.6. The van der Waals surface area contributed by atoms with Gasteiger partial charge in [-0.2, -0.15) is 0 Å². The van der Waals surface area contributed by atoms with Crippen molar-refractivity contribution >= 4 is 11.8 Å². The van der Waals surface area contributed by atoms with Crippen LogP contribution < -0.4 is 20.1 Å². The molecule has 0 atom stereocenters. The van der Waals surface area contributed by atoms with E-state index in [4.69, 9.17) is 9.47 Å². The lowest BCUT2D eigenvalue weighted by Crippen LogP contribution is -2.36. The van der Waals surface area contributed by atoms with E-state index >= 15 is 0 Å². The van der Waals surface area contributed by atoms with Crippen molar-refractivity contribution < 1.29 is 19.1 Å². The van der Waals surface area contributed by atoms with Crippen molar-refractivity contribution in [2.75, 3.05) is 14.2 Å². The predicted molar refractivity (Wildman–Crippen MR) is 109 cm³/mol. The molecule has 154 valence electrons. The van der Waals surface area contributed by atoms with Crippen LogP contribution in [0.5, 0.6) is 11.5 Å². The molecule has 1 aliphatic carbocycles. The van der Waals surface area contributed by atoms with Gasteiger partial charge in [0.25, 0.3) is 11.8 Å². The molecular weight excluding hydrogens is 370 g/mol. The number of amides is 2. The molecule has 1 fully saturated rings. The van der Waals surface area contributed by atoms with Crippen molar-refractivity contribution in [3.63, 3.8) is 0 Å². The fraction of sp³-hybridized carbons (Fsp3) is 0.409. The highest BCUT2D eigenvalue weighted by atomic mass is 16.5. The Bertz CT molecular complexity index is 863. The summed E-state index contributed by atoms with van der Waals surface area (Å²) in [5.41, 5.74) is 1.33. The third kappa shape index (κ3) is 5.47. The molecule has 1 heterocycles. The molecule has 0 bridgehead atoms. The number of nitrogens with one attached hydrogen (secondary N) is 2. The van der Waals surface area contributed by atoms with Gasteiger partial charge in [-0.25, -0.2) is 4.98 Å². The van der Waals surface area contributed by atoms with Crippen LogP contribution in [-0.4, -0.2) is 37.1 Å². The summed E-state index contributed by atoms with van der Waals surface area (Å²) < 4.78 is 10.5. The van der Waals surface area contributed by atoms with Gasteiger partial charge in [-0.1, -0.05) is 31.4 Å². The molecule has 0 spiro atoms. The lowest BCUT2D eigenvalue weighted by atomic mass is 9.95. The highest BCUT2D eigenvalue weighted by Crippen LogP contribution is 2.27. The van der Waals surface area contributed by atoms with E-state index in [1.54, 1.807) is 44.6 Å². The quantitative estimate of drug-likeness (QED) is 0.749. The van der Waals surface area contributed by atoms with E-state index in [9.17, 15) is 9.59 Å². The molecular formula is C22H27N3O4. The Kier molecular flexibility index (Phi) is 7.05. The minimum Gasteiger partial charge on any atom is -0.493 e. The summed E-state index contributed by atoms with van der Waals surface area (Å²) in [6, 6.07) is 10.5. The second-order valence-corrected chi connectivity index (χ2v) is 7.09. The number of methoxy groups -OCH3 is 2. The summed E-state index contributed by atoms with van der Waals surface area (Å²) in [5.74, 6) is 0.651. The summed E-state index contributed by atoms with van der Waals surface area (Å²) in [6.07, 6.45) is 5.49. The molecule has 0 unspecified atom stereocenters. The maximum Gasteiger partial charge on any atom is 0.270 e. The SMILES string of the molecule is COc1ccc(CNC(=O)c2cccc(C(=O)NC3CCCCC3)n2)cc1OC. The molecule has 2 amide bonds. The molecule has 3 rings (SSSR count). The molecule has 7 nitrogen and oxygen atoms in total. The van der Waals surface area contributed by atoms with Crippen LogP contribution in [0.1, 0.15) is 58.6 Å². The lowest BCUT2D eigenvalue weighted by molar-refractivity contribution is 0.0922. The standard InChI is InChI=1S/C22H27N3O4/c1-28-19-12-11-15(13-20(19)29-2)14-23-21(26)17-9-6-10-18(25-17)22(27)24-16-7-4-3-5-8-16/h6,9-13,16H,3-5,7-8,14H2,1-2H3,(H,23,26)(H,24,27). The number of nitrogens with zero attached hydrogens (tertiary/aromatic N) is 1. The van der Waals surface area contributed by atoms with Crippen LogP contribution in [-0.2, 0) is 6.54 Å². The van der Waals surface area contributed by atoms with Crippen molar-refractivity contribution in [3.8, 4) is 11.5 Å². The van der Waals surface area contributed by atoms with E-state index in [0.717, 1.165) is 31.2 Å². The zero-order chi connectivity index (χ0) is 20.6. The van der Waals surface area contributed by atoms with Crippen LogP contribution in [0.15, 0.2) is 36.4 Å². The number of hydrogen-bond donors (Lipinski definition) is 2. The molecule has 29 heavy (non-hydrogen) atoms. The summed E-state index contributed by atoms with van der Waals surface area (Å²) in [5, 5.41) is 5.85. The molecule has 0 saturated heterocycles. The number of pyridine rings is 1. The van der Waals surface area contributed by atoms with Crippen molar-refractivity contribution in [2.45, 2.75) is 44.7 Å². The minimum atomic E-state index is -0.341. The molecule has 0 radical (unpaired) electrons. The number of ether oxygens (including phenoxy) is 2. The van der Waals surface area contributed by atoms with E-state index in [1.165, 1.54) is 6.42 Å². The first-order valence-electron chi connectivity index (χ1n) is 9.87. The number of carbonyl (C=O) groups is 2. The Balaban J connectivity index is 1.61. The van der Waals surface area contributed by atoms with Crippen molar-refractivity contribution in [3.05, 3.63) is 53.3 Å². The molecule has 1 saturated carbocycles. The normalized spacial score (nSPS) is 14.1. The number of aromatic nitrogens is 1. The highest BCUT2D eigenvalue weighted by Gasteiger charge is 2.18. The number of rotatable bonds is 7. The maximum absolute atomic E-state index is 12.5. The van der Waals surface area contributed by atoms with E-state index < -0.39 is 0 Å². The Morgan fingerprint density at radius 3 is 2.34 bits per heavy atom. The number of carbonyl (C=O) groups excluding carboxylic acids is 2. The largest absolute Gasteiger partial charge is 0.493 e. The molecule has 2 aromatic rings. The van der Waals surface area contributed by atoms with Crippen LogP contribution in [0.3, 0.4) is 0 Å². The van der Waals surface area contributed by atoms with Crippen LogP contribution in [0, 0.1) is 0 Å². The second-order valence-electron chi connectivity index (χ2n) is 7.09. The van der Waals surface area contributed by atoms with Gasteiger partial charge in [-0.05, 0) is 42.7 Å². The van der Waals surface area contributed by atoms with Gasteiger partial charge < -0.3 is 20.1 Å². The van der Waals surface area contributed by atoms with Crippen molar-refractivity contribution in [2.24, 2.45) is 0 Å². The molecule has 0 aliphatic heterocycles. The van der Waals surface area contributed by atoms with Crippen LogP contribution >= 0.6 is 0 Å². The zero-order valence-electron chi connectivity index (χ0n) is 16.9. The molecule has 1 aromatic carbocycles. The monoisotopic (exact) mass is 397 g/mol. The Labute approximate surface area is 170 Å². The van der Waals surface area contributed by atoms with Gasteiger partial charge in [0.1, 0.15) is 11.4 Å². The fourth-order valence-electron chi connectivity index (χ4n) is 3.46. The predicted octanol–water partition coefficient (Wildman–Crippen LogP) is 3.09. The number of benzene rings is 1. The summed E-state index contributed by atoms with van der Waals surface area (Å²) in [4.78, 5) is 29.2. The average molecular weight is 397 g/mol. The van der Waals surface area contributed by atoms with E-state index in [-0.39, 0.29) is 29.2 Å². The summed E-state index contributed by atoms with van der Waals surface area (Å²) in [6.45, 7) is 0.305. The van der Waals surface area contributed by atoms with Gasteiger partial charge >= 0.3 is 0 Å². The van der Waals surface area contributed by atoms with Gasteiger partial charge in [0.2, 0.25) is 0 Å². The Morgan fingerprint density at radius 2 is 1.66 bits per heavy atom. The first-order chi connectivity index (χ1) is 14.1. The minimum absolute atomic E-state index is 0.195. The van der Waals surface area contributed by atoms with Gasteiger partial charge in [-0.3, -0.25) is 9.59 Å². The van der Waals surface area contributed by atoms with Crippen molar-refractivity contribution in [1.82, 2.24) is 15.6 Å². The van der Waals surface area contributed by atoms with E-state index in [1.807, 2.05) is 6.07 Å². The van der Waals surface area contributed by atoms with Crippen molar-refractivity contribution in [1.29, 1.82) is 0 Å². The van der Waals surface area contributed by atoms with E-state index in [2.05, 4.69) is 15.6 Å². The molecule has 7 heteroatoms. The van der Waals surface area contributed by atoms with Crippen LogP contribution in [0.4, 0.5) is 0 Å². The van der Waals surface area contributed by atoms with Crippen LogP contribution in [0.25, 0.3) is 0 Å². The average Bonchev–Trinajstić information content (AvgIpc) is 2.78. The van der Waals surface area contributed by atoms with Gasteiger partial charge in [0, 0.05) is 12.6 Å². The lowest BCUT2D eigenvalue weighted by Gasteiger charge is -2.22. The summed E-state index contributed by atoms with van der Waals surface area (Å²) in [7, 11) is 3.14. The zero-order valence-corrected chi connectivity index (χ0v) is 16.9. The second kappa shape index (κ2) is 9.91. The molecule has 2 N–H and O–H groups in total. The third-order valence-corrected chi connectivity index (χ3v) is 5.06. The van der Waals surface area contributed by atoms with Crippen LogP contribution in [0.2, 0.25) is 0 Å². The Hall–Kier alpha value is -3.09. The fourth-order valence-corrected chi connectivity index (χ4v) is 3.46.